The van der Waals surface area contributed by atoms with Crippen molar-refractivity contribution < 1.29 is 9.59 Å². The molecule has 0 aliphatic carbocycles. The average Bonchev–Trinajstić information content (AvgIpc) is 2.27. The zero-order valence-electron chi connectivity index (χ0n) is 9.66. The minimum atomic E-state index is -0.181. The largest absolute Gasteiger partial charge is 0.316 e. The van der Waals surface area contributed by atoms with E-state index < -0.39 is 0 Å². The standard InChI is InChI=1S/C11H19N3O2/c1-8-11(16)13-10(15)7-14(8)6-9-3-2-4-12-5-9/h8-9,12H,2-7H2,1H3,(H,13,15,16). The van der Waals surface area contributed by atoms with Crippen molar-refractivity contribution in [2.75, 3.05) is 26.2 Å². The van der Waals surface area contributed by atoms with Gasteiger partial charge in [0.15, 0.2) is 0 Å². The van der Waals surface area contributed by atoms with Crippen molar-refractivity contribution in [1.29, 1.82) is 0 Å². The molecule has 2 fully saturated rings. The Hall–Kier alpha value is -0.940. The normalized spacial score (nSPS) is 32.6. The zero-order chi connectivity index (χ0) is 11.5. The van der Waals surface area contributed by atoms with Gasteiger partial charge in [0.1, 0.15) is 0 Å². The fraction of sp³-hybridized carbons (Fsp3) is 0.818. The van der Waals surface area contributed by atoms with Crippen LogP contribution in [0.4, 0.5) is 0 Å². The molecule has 0 bridgehead atoms. The maximum Gasteiger partial charge on any atom is 0.243 e. The summed E-state index contributed by atoms with van der Waals surface area (Å²) in [4.78, 5) is 24.7. The van der Waals surface area contributed by atoms with Gasteiger partial charge >= 0.3 is 0 Å². The fourth-order valence-electron chi connectivity index (χ4n) is 2.40. The zero-order valence-corrected chi connectivity index (χ0v) is 9.66. The van der Waals surface area contributed by atoms with Crippen LogP contribution in [-0.2, 0) is 9.59 Å². The smallest absolute Gasteiger partial charge is 0.243 e. The Morgan fingerprint density at radius 1 is 1.44 bits per heavy atom. The number of hydrogen-bond acceptors (Lipinski definition) is 4. The molecule has 16 heavy (non-hydrogen) atoms. The van der Waals surface area contributed by atoms with Gasteiger partial charge in [0.05, 0.1) is 12.6 Å². The van der Waals surface area contributed by atoms with Crippen LogP contribution in [0.5, 0.6) is 0 Å². The quantitative estimate of drug-likeness (QED) is 0.612. The molecule has 90 valence electrons. The Morgan fingerprint density at radius 2 is 2.25 bits per heavy atom. The predicted molar refractivity (Wildman–Crippen MR) is 59.8 cm³/mol. The lowest BCUT2D eigenvalue weighted by atomic mass is 9.98. The molecule has 0 saturated carbocycles. The van der Waals surface area contributed by atoms with Crippen LogP contribution < -0.4 is 10.6 Å². The van der Waals surface area contributed by atoms with E-state index in [1.807, 2.05) is 11.8 Å². The van der Waals surface area contributed by atoms with Crippen LogP contribution in [0.15, 0.2) is 0 Å². The summed E-state index contributed by atoms with van der Waals surface area (Å²) in [5, 5.41) is 5.71. The van der Waals surface area contributed by atoms with Crippen LogP contribution >= 0.6 is 0 Å². The van der Waals surface area contributed by atoms with E-state index in [1.54, 1.807) is 0 Å². The monoisotopic (exact) mass is 225 g/mol. The van der Waals surface area contributed by atoms with Crippen LogP contribution in [0, 0.1) is 5.92 Å². The summed E-state index contributed by atoms with van der Waals surface area (Å²) in [6.45, 7) is 5.14. The van der Waals surface area contributed by atoms with Gasteiger partial charge in [0.2, 0.25) is 11.8 Å². The van der Waals surface area contributed by atoms with Crippen molar-refractivity contribution in [3.05, 3.63) is 0 Å². The van der Waals surface area contributed by atoms with E-state index in [-0.39, 0.29) is 17.9 Å². The highest BCUT2D eigenvalue weighted by Crippen LogP contribution is 2.14. The van der Waals surface area contributed by atoms with Crippen molar-refractivity contribution in [2.24, 2.45) is 5.92 Å². The first-order chi connectivity index (χ1) is 7.66. The third-order valence-electron chi connectivity index (χ3n) is 3.43. The van der Waals surface area contributed by atoms with Gasteiger partial charge in [-0.15, -0.1) is 0 Å². The van der Waals surface area contributed by atoms with Crippen molar-refractivity contribution in [2.45, 2.75) is 25.8 Å². The minimum absolute atomic E-state index is 0.167. The Labute approximate surface area is 95.6 Å². The predicted octanol–water partition coefficient (Wildman–Crippen LogP) is -0.667. The number of nitrogens with zero attached hydrogens (tertiary/aromatic N) is 1. The first-order valence-corrected chi connectivity index (χ1v) is 5.95. The summed E-state index contributed by atoms with van der Waals surface area (Å²) < 4.78 is 0. The first kappa shape index (κ1) is 11.5. The molecule has 0 aromatic heterocycles. The van der Waals surface area contributed by atoms with E-state index in [0.29, 0.717) is 12.5 Å². The molecule has 2 atom stereocenters. The Morgan fingerprint density at radius 3 is 2.94 bits per heavy atom. The van der Waals surface area contributed by atoms with Gasteiger partial charge in [-0.1, -0.05) is 0 Å². The average molecular weight is 225 g/mol. The second-order valence-electron chi connectivity index (χ2n) is 4.73. The van der Waals surface area contributed by atoms with E-state index in [2.05, 4.69) is 10.6 Å². The number of hydrogen-bond donors (Lipinski definition) is 2. The molecule has 2 aliphatic heterocycles. The van der Waals surface area contributed by atoms with Crippen LogP contribution in [-0.4, -0.2) is 48.9 Å². The van der Waals surface area contributed by atoms with Gasteiger partial charge < -0.3 is 5.32 Å². The molecule has 2 saturated heterocycles. The molecular weight excluding hydrogens is 206 g/mol. The molecule has 0 radical (unpaired) electrons. The second-order valence-corrected chi connectivity index (χ2v) is 4.73. The van der Waals surface area contributed by atoms with Crippen LogP contribution in [0.25, 0.3) is 0 Å². The van der Waals surface area contributed by atoms with Crippen molar-refractivity contribution >= 4 is 11.8 Å². The summed E-state index contributed by atoms with van der Waals surface area (Å²) in [6, 6.07) is -0.181. The lowest BCUT2D eigenvalue weighted by molar-refractivity contribution is -0.139. The molecule has 2 unspecified atom stereocenters. The molecule has 2 rings (SSSR count). The molecule has 5 heteroatoms. The molecule has 0 aromatic rings. The number of piperazine rings is 1. The number of carbonyl (C=O) groups is 2. The van der Waals surface area contributed by atoms with E-state index in [1.165, 1.54) is 12.8 Å². The maximum atomic E-state index is 11.5. The third-order valence-corrected chi connectivity index (χ3v) is 3.43. The van der Waals surface area contributed by atoms with Crippen molar-refractivity contribution in [3.63, 3.8) is 0 Å². The van der Waals surface area contributed by atoms with Crippen LogP contribution in [0.2, 0.25) is 0 Å². The third kappa shape index (κ3) is 2.59. The molecule has 2 N–H and O–H groups in total. The summed E-state index contributed by atoms with van der Waals surface area (Å²) in [5.74, 6) is 0.224. The lowest BCUT2D eigenvalue weighted by Gasteiger charge is -2.35. The Bertz CT molecular complexity index is 287. The van der Waals surface area contributed by atoms with Gasteiger partial charge in [-0.25, -0.2) is 0 Å². The molecule has 2 aliphatic rings. The molecule has 2 heterocycles. The molecule has 5 nitrogen and oxygen atoms in total. The Balaban J connectivity index is 1.91. The van der Waals surface area contributed by atoms with Gasteiger partial charge in [-0.2, -0.15) is 0 Å². The van der Waals surface area contributed by atoms with E-state index in [0.717, 1.165) is 19.6 Å². The summed E-state index contributed by atoms with van der Waals surface area (Å²) in [5.41, 5.74) is 0. The highest BCUT2D eigenvalue weighted by molar-refractivity contribution is 6.00. The SMILES string of the molecule is CC1C(=O)NC(=O)CN1CC1CCCNC1. The van der Waals surface area contributed by atoms with Crippen molar-refractivity contribution in [1.82, 2.24) is 15.5 Å². The van der Waals surface area contributed by atoms with Gasteiger partial charge in [0, 0.05) is 6.54 Å². The van der Waals surface area contributed by atoms with E-state index in [9.17, 15) is 9.59 Å². The topological polar surface area (TPSA) is 61.4 Å². The number of rotatable bonds is 2. The highest BCUT2D eigenvalue weighted by atomic mass is 16.2. The number of piperidine rings is 1. The number of amides is 2. The number of imide groups is 1. The molecule has 2 amide bonds. The van der Waals surface area contributed by atoms with Crippen LogP contribution in [0.1, 0.15) is 19.8 Å². The summed E-state index contributed by atoms with van der Waals surface area (Å²) in [6.07, 6.45) is 2.37. The summed E-state index contributed by atoms with van der Waals surface area (Å²) in [7, 11) is 0. The lowest BCUT2D eigenvalue weighted by Crippen LogP contribution is -2.58. The van der Waals surface area contributed by atoms with Crippen LogP contribution in [0.3, 0.4) is 0 Å². The minimum Gasteiger partial charge on any atom is -0.316 e. The molecular formula is C11H19N3O2. The molecule has 0 spiro atoms. The fourth-order valence-corrected chi connectivity index (χ4v) is 2.40. The van der Waals surface area contributed by atoms with Gasteiger partial charge in [0.25, 0.3) is 0 Å². The highest BCUT2D eigenvalue weighted by Gasteiger charge is 2.31. The number of carbonyl (C=O) groups excluding carboxylic acids is 2. The van der Waals surface area contributed by atoms with E-state index in [4.69, 9.17) is 0 Å². The maximum absolute atomic E-state index is 11.5. The summed E-state index contributed by atoms with van der Waals surface area (Å²) >= 11 is 0. The van der Waals surface area contributed by atoms with E-state index >= 15 is 0 Å². The number of nitrogens with one attached hydrogen (secondary N) is 2. The second kappa shape index (κ2) is 4.93. The molecule has 0 aromatic carbocycles. The first-order valence-electron chi connectivity index (χ1n) is 5.95. The van der Waals surface area contributed by atoms with Crippen molar-refractivity contribution in [3.8, 4) is 0 Å². The Kier molecular flexibility index (Phi) is 3.56. The van der Waals surface area contributed by atoms with Gasteiger partial charge in [-0.3, -0.25) is 19.8 Å². The van der Waals surface area contributed by atoms with Gasteiger partial charge in [-0.05, 0) is 38.8 Å².